The van der Waals surface area contributed by atoms with Crippen molar-refractivity contribution in [2.24, 2.45) is 0 Å². The number of hydrogen-bond donors (Lipinski definition) is 1. The highest BCUT2D eigenvalue weighted by molar-refractivity contribution is 6.31. The van der Waals surface area contributed by atoms with Gasteiger partial charge in [-0.15, -0.1) is 0 Å². The zero-order chi connectivity index (χ0) is 22.3. The molecule has 0 aliphatic heterocycles. The van der Waals surface area contributed by atoms with E-state index in [9.17, 15) is 9.59 Å². The molecule has 0 bridgehead atoms. The Hall–Kier alpha value is -3.25. The molecule has 1 N–H and O–H groups in total. The Balaban J connectivity index is 1.78. The lowest BCUT2D eigenvalue weighted by atomic mass is 9.94. The fourth-order valence-electron chi connectivity index (χ4n) is 4.12. The monoisotopic (exact) mass is 448 g/mol. The molecule has 164 valence electrons. The summed E-state index contributed by atoms with van der Waals surface area (Å²) < 4.78 is 0. The van der Waals surface area contributed by atoms with Gasteiger partial charge in [-0.1, -0.05) is 67.3 Å². The van der Waals surface area contributed by atoms with Crippen molar-refractivity contribution in [1.29, 1.82) is 0 Å². The number of benzene rings is 2. The standard InChI is InChI=1S/C25H25ClN4O2/c26-19-10-7-13-21(16-19)30(25(32)22-17-27-14-15-28-22)23(18-8-3-1-4-9-18)24(31)29-20-11-5-2-6-12-20/h1,3-4,7-10,13-17,20,23H,2,5-6,11-12H2,(H,29,31). The molecular weight excluding hydrogens is 424 g/mol. The van der Waals surface area contributed by atoms with E-state index < -0.39 is 11.9 Å². The molecule has 1 aliphatic carbocycles. The molecule has 1 heterocycles. The van der Waals surface area contributed by atoms with Gasteiger partial charge < -0.3 is 5.32 Å². The molecule has 3 aromatic rings. The van der Waals surface area contributed by atoms with Crippen LogP contribution in [0.25, 0.3) is 0 Å². The minimum absolute atomic E-state index is 0.107. The number of rotatable bonds is 6. The maximum absolute atomic E-state index is 13.7. The molecule has 0 spiro atoms. The lowest BCUT2D eigenvalue weighted by Crippen LogP contribution is -2.47. The molecule has 6 nitrogen and oxygen atoms in total. The lowest BCUT2D eigenvalue weighted by Gasteiger charge is -2.33. The zero-order valence-electron chi connectivity index (χ0n) is 17.7. The van der Waals surface area contributed by atoms with Gasteiger partial charge in [-0.25, -0.2) is 4.98 Å². The molecule has 0 saturated heterocycles. The Morgan fingerprint density at radius 2 is 1.78 bits per heavy atom. The van der Waals surface area contributed by atoms with Gasteiger partial charge in [0.1, 0.15) is 11.7 Å². The predicted octanol–water partition coefficient (Wildman–Crippen LogP) is 4.97. The molecular formula is C25H25ClN4O2. The van der Waals surface area contributed by atoms with E-state index >= 15 is 0 Å². The Bertz CT molecular complexity index is 1060. The smallest absolute Gasteiger partial charge is 0.279 e. The number of hydrogen-bond acceptors (Lipinski definition) is 4. The van der Waals surface area contributed by atoms with E-state index in [4.69, 9.17) is 11.6 Å². The summed E-state index contributed by atoms with van der Waals surface area (Å²) in [5.41, 5.74) is 1.37. The summed E-state index contributed by atoms with van der Waals surface area (Å²) in [4.78, 5) is 37.0. The van der Waals surface area contributed by atoms with E-state index in [0.29, 0.717) is 16.3 Å². The molecule has 4 rings (SSSR count). The summed E-state index contributed by atoms with van der Waals surface area (Å²) in [6.07, 6.45) is 9.64. The molecule has 1 atom stereocenters. The third-order valence-electron chi connectivity index (χ3n) is 5.66. The summed E-state index contributed by atoms with van der Waals surface area (Å²) in [5.74, 6) is -0.645. The topological polar surface area (TPSA) is 75.2 Å². The van der Waals surface area contributed by atoms with E-state index in [2.05, 4.69) is 15.3 Å². The number of nitrogens with zero attached hydrogens (tertiary/aromatic N) is 3. The summed E-state index contributed by atoms with van der Waals surface area (Å²) in [6, 6.07) is 15.5. The number of aromatic nitrogens is 2. The molecule has 0 radical (unpaired) electrons. The maximum Gasteiger partial charge on any atom is 0.279 e. The second-order valence-corrected chi connectivity index (χ2v) is 8.34. The molecule has 1 unspecified atom stereocenters. The van der Waals surface area contributed by atoms with Crippen LogP contribution in [0.3, 0.4) is 0 Å². The first-order valence-electron chi connectivity index (χ1n) is 10.8. The van der Waals surface area contributed by atoms with Crippen LogP contribution in [0.4, 0.5) is 5.69 Å². The Kier molecular flexibility index (Phi) is 7.12. The summed E-state index contributed by atoms with van der Waals surface area (Å²) in [7, 11) is 0. The van der Waals surface area contributed by atoms with Crippen molar-refractivity contribution >= 4 is 29.1 Å². The molecule has 1 fully saturated rings. The molecule has 2 aromatic carbocycles. The fraction of sp³-hybridized carbons (Fsp3) is 0.280. The van der Waals surface area contributed by atoms with Gasteiger partial charge >= 0.3 is 0 Å². The first-order chi connectivity index (χ1) is 15.6. The van der Waals surface area contributed by atoms with Crippen LogP contribution in [0.5, 0.6) is 0 Å². The average molecular weight is 449 g/mol. The van der Waals surface area contributed by atoms with Gasteiger partial charge in [0.15, 0.2) is 0 Å². The van der Waals surface area contributed by atoms with E-state index in [1.54, 1.807) is 24.3 Å². The minimum Gasteiger partial charge on any atom is -0.351 e. The van der Waals surface area contributed by atoms with Crippen LogP contribution >= 0.6 is 11.6 Å². The largest absolute Gasteiger partial charge is 0.351 e. The average Bonchev–Trinajstić information content (AvgIpc) is 2.83. The van der Waals surface area contributed by atoms with E-state index in [1.807, 2.05) is 30.3 Å². The van der Waals surface area contributed by atoms with E-state index in [1.165, 1.54) is 29.9 Å². The highest BCUT2D eigenvalue weighted by Gasteiger charge is 2.35. The van der Waals surface area contributed by atoms with Gasteiger partial charge in [0.25, 0.3) is 5.91 Å². The molecule has 1 aromatic heterocycles. The lowest BCUT2D eigenvalue weighted by molar-refractivity contribution is -0.123. The maximum atomic E-state index is 13.7. The first kappa shape index (κ1) is 22.0. The number of carbonyl (C=O) groups excluding carboxylic acids is 2. The second kappa shape index (κ2) is 10.4. The van der Waals surface area contributed by atoms with Gasteiger partial charge in [-0.05, 0) is 36.6 Å². The van der Waals surface area contributed by atoms with E-state index in [-0.39, 0.29) is 17.6 Å². The molecule has 1 saturated carbocycles. The van der Waals surface area contributed by atoms with Crippen molar-refractivity contribution < 1.29 is 9.59 Å². The number of amides is 2. The SMILES string of the molecule is O=C(NC1CCCCC1)C(c1ccccc1)N(C(=O)c1cnccn1)c1cccc(Cl)c1. The highest BCUT2D eigenvalue weighted by Crippen LogP contribution is 2.31. The summed E-state index contributed by atoms with van der Waals surface area (Å²) in [5, 5.41) is 3.66. The normalized spacial score (nSPS) is 15.0. The van der Waals surface area contributed by atoms with Crippen molar-refractivity contribution in [2.75, 3.05) is 4.90 Å². The second-order valence-electron chi connectivity index (χ2n) is 7.90. The molecule has 32 heavy (non-hydrogen) atoms. The minimum atomic E-state index is -0.883. The first-order valence-corrected chi connectivity index (χ1v) is 11.2. The number of halogens is 1. The van der Waals surface area contributed by atoms with Gasteiger partial charge in [-0.2, -0.15) is 0 Å². The van der Waals surface area contributed by atoms with Crippen LogP contribution in [-0.4, -0.2) is 27.8 Å². The third kappa shape index (κ3) is 5.14. The quantitative estimate of drug-likeness (QED) is 0.577. The third-order valence-corrected chi connectivity index (χ3v) is 5.90. The Morgan fingerprint density at radius 1 is 1.00 bits per heavy atom. The van der Waals surface area contributed by atoms with Crippen LogP contribution in [0.1, 0.15) is 54.2 Å². The summed E-state index contributed by atoms with van der Waals surface area (Å²) in [6.45, 7) is 0. The van der Waals surface area contributed by atoms with Crippen LogP contribution < -0.4 is 10.2 Å². The van der Waals surface area contributed by atoms with Crippen molar-refractivity contribution in [3.8, 4) is 0 Å². The fourth-order valence-corrected chi connectivity index (χ4v) is 4.31. The van der Waals surface area contributed by atoms with Crippen molar-refractivity contribution in [3.05, 3.63) is 89.5 Å². The van der Waals surface area contributed by atoms with Gasteiger partial charge in [-0.3, -0.25) is 19.5 Å². The number of carbonyl (C=O) groups is 2. The van der Waals surface area contributed by atoms with Crippen LogP contribution in [0.2, 0.25) is 5.02 Å². The van der Waals surface area contributed by atoms with Gasteiger partial charge in [0, 0.05) is 29.1 Å². The highest BCUT2D eigenvalue weighted by atomic mass is 35.5. The summed E-state index contributed by atoms with van der Waals surface area (Å²) >= 11 is 6.26. The van der Waals surface area contributed by atoms with Crippen molar-refractivity contribution in [2.45, 2.75) is 44.2 Å². The van der Waals surface area contributed by atoms with E-state index in [0.717, 1.165) is 25.7 Å². The Morgan fingerprint density at radius 3 is 2.47 bits per heavy atom. The van der Waals surface area contributed by atoms with Crippen LogP contribution in [0, 0.1) is 0 Å². The number of anilines is 1. The van der Waals surface area contributed by atoms with Crippen molar-refractivity contribution in [3.63, 3.8) is 0 Å². The van der Waals surface area contributed by atoms with Gasteiger partial charge in [0.05, 0.1) is 6.20 Å². The van der Waals surface area contributed by atoms with Crippen LogP contribution in [-0.2, 0) is 4.79 Å². The van der Waals surface area contributed by atoms with Gasteiger partial charge in [0.2, 0.25) is 5.91 Å². The number of nitrogens with one attached hydrogen (secondary N) is 1. The van der Waals surface area contributed by atoms with Crippen molar-refractivity contribution in [1.82, 2.24) is 15.3 Å². The van der Waals surface area contributed by atoms with Crippen LogP contribution in [0.15, 0.2) is 73.2 Å². The Labute approximate surface area is 192 Å². The zero-order valence-corrected chi connectivity index (χ0v) is 18.4. The molecule has 1 aliphatic rings. The molecule has 7 heteroatoms. The predicted molar refractivity (Wildman–Crippen MR) is 124 cm³/mol. The molecule has 2 amide bonds.